The normalized spacial score (nSPS) is 16.4. The van der Waals surface area contributed by atoms with E-state index in [0.29, 0.717) is 21.2 Å². The van der Waals surface area contributed by atoms with Crippen molar-refractivity contribution in [2.24, 2.45) is 4.99 Å². The molecule has 0 atom stereocenters. The number of aromatic hydroxyl groups is 1. The molecule has 7 nitrogen and oxygen atoms in total. The van der Waals surface area contributed by atoms with Gasteiger partial charge in [-0.15, -0.1) is 0 Å². The number of carbonyl (C=O) groups excluding carboxylic acids is 1. The van der Waals surface area contributed by atoms with Crippen LogP contribution in [0.1, 0.15) is 5.56 Å². The molecular weight excluding hydrogens is 394 g/mol. The Hall–Kier alpha value is -3.39. The maximum atomic E-state index is 12.2. The van der Waals surface area contributed by atoms with Gasteiger partial charge in [0.05, 0.1) is 31.9 Å². The zero-order chi connectivity index (χ0) is 21.0. The molecule has 0 amide bonds. The molecule has 2 aromatic rings. The molecule has 1 heterocycles. The molecule has 3 rings (SSSR count). The number of hydrogen-bond donors (Lipinski definition) is 2. The van der Waals surface area contributed by atoms with Crippen LogP contribution >= 0.6 is 11.8 Å². The van der Waals surface area contributed by atoms with Crippen molar-refractivity contribution in [2.45, 2.75) is 0 Å². The first-order valence-corrected chi connectivity index (χ1v) is 9.30. The molecule has 1 aliphatic rings. The van der Waals surface area contributed by atoms with E-state index in [1.54, 1.807) is 30.3 Å². The topological polar surface area (TPSA) is 97.6 Å². The van der Waals surface area contributed by atoms with Crippen LogP contribution in [0.15, 0.2) is 63.7 Å². The molecule has 150 valence electrons. The predicted octanol–water partition coefficient (Wildman–Crippen LogP) is 4.21. The molecule has 0 saturated heterocycles. The number of carbonyl (C=O) groups is 1. The van der Waals surface area contributed by atoms with Gasteiger partial charge in [-0.1, -0.05) is 30.0 Å². The maximum absolute atomic E-state index is 12.2. The number of aliphatic hydroxyl groups excluding tert-OH is 1. The minimum atomic E-state index is -0.686. The third-order valence-corrected chi connectivity index (χ3v) is 5.09. The molecule has 2 aromatic carbocycles. The number of phenolic OH excluding ortho intramolecular Hbond substituents is 1. The summed E-state index contributed by atoms with van der Waals surface area (Å²) < 4.78 is 15.1. The molecular formula is C21H19NO6S. The van der Waals surface area contributed by atoms with E-state index in [1.807, 2.05) is 18.2 Å². The van der Waals surface area contributed by atoms with E-state index in [9.17, 15) is 15.0 Å². The lowest BCUT2D eigenvalue weighted by molar-refractivity contribution is -0.135. The third kappa shape index (κ3) is 4.22. The summed E-state index contributed by atoms with van der Waals surface area (Å²) in [5, 5.41) is 21.1. The van der Waals surface area contributed by atoms with Crippen molar-refractivity contribution in [1.29, 1.82) is 0 Å². The number of aliphatic imine (C=N–C) groups is 1. The molecule has 2 N–H and O–H groups in total. The number of para-hydroxylation sites is 1. The van der Waals surface area contributed by atoms with E-state index in [1.165, 1.54) is 21.3 Å². The van der Waals surface area contributed by atoms with Crippen LogP contribution in [0.4, 0.5) is 5.69 Å². The SMILES string of the molecule is COC(=O)C1=C(O)C(=Cc2cc(OC)c(O)c(OC)c2)SC1=Nc1ccccc1. The van der Waals surface area contributed by atoms with Crippen LogP contribution in [0.3, 0.4) is 0 Å². The summed E-state index contributed by atoms with van der Waals surface area (Å²) in [6.07, 6.45) is 1.64. The molecule has 0 unspecified atom stereocenters. The van der Waals surface area contributed by atoms with Gasteiger partial charge in [-0.25, -0.2) is 9.79 Å². The number of rotatable bonds is 5. The van der Waals surface area contributed by atoms with E-state index in [2.05, 4.69) is 4.99 Å². The fourth-order valence-corrected chi connectivity index (χ4v) is 3.69. The fourth-order valence-electron chi connectivity index (χ4n) is 2.66. The summed E-state index contributed by atoms with van der Waals surface area (Å²) >= 11 is 1.13. The molecule has 0 saturated carbocycles. The highest BCUT2D eigenvalue weighted by Crippen LogP contribution is 2.42. The smallest absolute Gasteiger partial charge is 0.344 e. The van der Waals surface area contributed by atoms with Crippen LogP contribution in [0, 0.1) is 0 Å². The number of hydrogen-bond acceptors (Lipinski definition) is 8. The van der Waals surface area contributed by atoms with Gasteiger partial charge in [-0.2, -0.15) is 0 Å². The second-order valence-corrected chi connectivity index (χ2v) is 6.88. The van der Waals surface area contributed by atoms with Crippen molar-refractivity contribution >= 4 is 34.5 Å². The molecule has 1 aliphatic heterocycles. The Kier molecular flexibility index (Phi) is 6.13. The number of esters is 1. The first kappa shape index (κ1) is 20.3. The number of nitrogens with zero attached hydrogens (tertiary/aromatic N) is 1. The van der Waals surface area contributed by atoms with Gasteiger partial charge in [0.25, 0.3) is 0 Å². The third-order valence-electron chi connectivity index (χ3n) is 4.07. The summed E-state index contributed by atoms with van der Waals surface area (Å²) in [7, 11) is 4.09. The van der Waals surface area contributed by atoms with Gasteiger partial charge >= 0.3 is 5.97 Å². The highest BCUT2D eigenvalue weighted by atomic mass is 32.2. The van der Waals surface area contributed by atoms with Crippen molar-refractivity contribution in [3.8, 4) is 17.2 Å². The van der Waals surface area contributed by atoms with Gasteiger partial charge in [-0.3, -0.25) is 0 Å². The Labute approximate surface area is 171 Å². The molecule has 0 fully saturated rings. The predicted molar refractivity (Wildman–Crippen MR) is 112 cm³/mol. The molecule has 0 aliphatic carbocycles. The van der Waals surface area contributed by atoms with Crippen molar-refractivity contribution < 1.29 is 29.2 Å². The van der Waals surface area contributed by atoms with Crippen molar-refractivity contribution in [2.75, 3.05) is 21.3 Å². The number of thioether (sulfide) groups is 1. The molecule has 8 heteroatoms. The molecule has 0 bridgehead atoms. The van der Waals surface area contributed by atoms with Crippen LogP contribution in [0.25, 0.3) is 6.08 Å². The zero-order valence-electron chi connectivity index (χ0n) is 16.0. The summed E-state index contributed by atoms with van der Waals surface area (Å²) in [5.74, 6) is -0.614. The Morgan fingerprint density at radius 2 is 1.66 bits per heavy atom. The van der Waals surface area contributed by atoms with Gasteiger partial charge < -0.3 is 24.4 Å². The van der Waals surface area contributed by atoms with Crippen LogP contribution in [0.5, 0.6) is 17.2 Å². The summed E-state index contributed by atoms with van der Waals surface area (Å²) in [5.41, 5.74) is 1.22. The lowest BCUT2D eigenvalue weighted by Crippen LogP contribution is -2.10. The van der Waals surface area contributed by atoms with Gasteiger partial charge in [0.2, 0.25) is 5.75 Å². The Bertz CT molecular complexity index is 1000. The van der Waals surface area contributed by atoms with Crippen LogP contribution in [-0.4, -0.2) is 42.6 Å². The monoisotopic (exact) mass is 413 g/mol. The van der Waals surface area contributed by atoms with Crippen molar-refractivity contribution in [3.05, 3.63) is 64.3 Å². The molecule has 0 aromatic heterocycles. The van der Waals surface area contributed by atoms with Crippen LogP contribution < -0.4 is 9.47 Å². The first-order valence-electron chi connectivity index (χ1n) is 8.49. The van der Waals surface area contributed by atoms with Gasteiger partial charge in [0.15, 0.2) is 11.5 Å². The minimum absolute atomic E-state index is 0.00897. The second-order valence-electron chi connectivity index (χ2n) is 5.85. The number of phenols is 1. The maximum Gasteiger partial charge on any atom is 0.344 e. The van der Waals surface area contributed by atoms with E-state index >= 15 is 0 Å². The van der Waals surface area contributed by atoms with E-state index < -0.39 is 5.97 Å². The average Bonchev–Trinajstić information content (AvgIpc) is 3.03. The van der Waals surface area contributed by atoms with E-state index in [4.69, 9.17) is 14.2 Å². The Morgan fingerprint density at radius 1 is 1.03 bits per heavy atom. The summed E-state index contributed by atoms with van der Waals surface area (Å²) in [6.45, 7) is 0. The lowest BCUT2D eigenvalue weighted by Gasteiger charge is -2.10. The number of ether oxygens (including phenoxy) is 3. The lowest BCUT2D eigenvalue weighted by atomic mass is 10.1. The van der Waals surface area contributed by atoms with Gasteiger partial charge in [0.1, 0.15) is 16.4 Å². The zero-order valence-corrected chi connectivity index (χ0v) is 16.8. The highest BCUT2D eigenvalue weighted by Gasteiger charge is 2.33. The average molecular weight is 413 g/mol. The quantitative estimate of drug-likeness (QED) is 0.709. The Balaban J connectivity index is 2.08. The van der Waals surface area contributed by atoms with Gasteiger partial charge in [0, 0.05) is 0 Å². The molecule has 29 heavy (non-hydrogen) atoms. The van der Waals surface area contributed by atoms with Gasteiger partial charge in [-0.05, 0) is 35.9 Å². The fraction of sp³-hybridized carbons (Fsp3) is 0.143. The highest BCUT2D eigenvalue weighted by molar-refractivity contribution is 8.18. The minimum Gasteiger partial charge on any atom is -0.506 e. The van der Waals surface area contributed by atoms with Crippen molar-refractivity contribution in [3.63, 3.8) is 0 Å². The first-order chi connectivity index (χ1) is 14.0. The summed E-state index contributed by atoms with van der Waals surface area (Å²) in [6, 6.07) is 12.3. The summed E-state index contributed by atoms with van der Waals surface area (Å²) in [4.78, 5) is 17.1. The number of aliphatic hydroxyl groups is 1. The standard InChI is InChI=1S/C21H19NO6S/c1-26-14-9-12(10-15(27-2)18(14)23)11-16-19(24)17(21(25)28-3)20(29-16)22-13-7-5-4-6-8-13/h4-11,23-24H,1-3H3. The second kappa shape index (κ2) is 8.74. The molecule has 0 spiro atoms. The Morgan fingerprint density at radius 3 is 2.21 bits per heavy atom. The van der Waals surface area contributed by atoms with E-state index in [0.717, 1.165) is 11.8 Å². The number of methoxy groups -OCH3 is 3. The molecule has 0 radical (unpaired) electrons. The number of benzene rings is 2. The van der Waals surface area contributed by atoms with Crippen molar-refractivity contribution in [1.82, 2.24) is 0 Å². The van der Waals surface area contributed by atoms with Crippen LogP contribution in [-0.2, 0) is 9.53 Å². The van der Waals surface area contributed by atoms with Crippen LogP contribution in [0.2, 0.25) is 0 Å². The largest absolute Gasteiger partial charge is 0.506 e. The van der Waals surface area contributed by atoms with E-state index in [-0.39, 0.29) is 28.6 Å².